The minimum absolute atomic E-state index is 0.0142. The van der Waals surface area contributed by atoms with Gasteiger partial charge in [0, 0.05) is 16.9 Å². The maximum atomic E-state index is 10.0. The van der Waals surface area contributed by atoms with E-state index in [4.69, 9.17) is 4.98 Å². The number of hydrogen-bond donors (Lipinski definition) is 1. The van der Waals surface area contributed by atoms with Gasteiger partial charge < -0.3 is 10.0 Å². The number of benzene rings is 2. The molecule has 0 radical (unpaired) electrons. The average molecular weight is 388 g/mol. The minimum Gasteiger partial charge on any atom is -0.394 e. The fraction of sp³-hybridized carbons (Fsp3) is 0.217. The second-order valence-corrected chi connectivity index (χ2v) is 7.64. The molecule has 1 aliphatic rings. The molecule has 0 spiro atoms. The highest BCUT2D eigenvalue weighted by Crippen LogP contribution is 2.45. The van der Waals surface area contributed by atoms with E-state index in [1.807, 2.05) is 59.7 Å². The Kier molecular flexibility index (Phi) is 5.25. The van der Waals surface area contributed by atoms with Crippen molar-refractivity contribution in [1.29, 1.82) is 5.26 Å². The Hall–Kier alpha value is -2.94. The van der Waals surface area contributed by atoms with Gasteiger partial charge in [0.25, 0.3) is 0 Å². The van der Waals surface area contributed by atoms with Crippen LogP contribution in [-0.4, -0.2) is 28.8 Å². The quantitative estimate of drug-likeness (QED) is 0.689. The second-order valence-electron chi connectivity index (χ2n) is 6.80. The Bertz CT molecular complexity index is 1000. The smallest absolute Gasteiger partial charge is 0.187 e. The SMILES string of the molecule is C/C=C/c1ccc([C@H]2[C@@H](CO)N(c3nc(-c4ccccc4)cs3)[C@H]2C#N)cc1. The second kappa shape index (κ2) is 7.97. The van der Waals surface area contributed by atoms with E-state index >= 15 is 0 Å². The van der Waals surface area contributed by atoms with Gasteiger partial charge in [-0.3, -0.25) is 0 Å². The molecule has 4 nitrogen and oxygen atoms in total. The summed E-state index contributed by atoms with van der Waals surface area (Å²) in [7, 11) is 0. The fourth-order valence-corrected chi connectivity index (χ4v) is 4.74. The topological polar surface area (TPSA) is 60.1 Å². The number of nitriles is 1. The highest BCUT2D eigenvalue weighted by Gasteiger charge is 2.50. The number of thiazole rings is 1. The maximum Gasteiger partial charge on any atom is 0.187 e. The monoisotopic (exact) mass is 387 g/mol. The summed E-state index contributed by atoms with van der Waals surface area (Å²) in [5.74, 6) is -0.0290. The summed E-state index contributed by atoms with van der Waals surface area (Å²) < 4.78 is 0. The number of anilines is 1. The number of aromatic nitrogens is 1. The Labute approximate surface area is 169 Å². The molecule has 0 unspecified atom stereocenters. The normalized spacial score (nSPS) is 21.5. The summed E-state index contributed by atoms with van der Waals surface area (Å²) in [4.78, 5) is 6.70. The molecule has 28 heavy (non-hydrogen) atoms. The molecule has 1 aromatic heterocycles. The number of nitrogens with zero attached hydrogens (tertiary/aromatic N) is 3. The molecule has 1 N–H and O–H groups in total. The molecular weight excluding hydrogens is 366 g/mol. The van der Waals surface area contributed by atoms with E-state index in [0.717, 1.165) is 27.5 Å². The third kappa shape index (κ3) is 3.22. The summed E-state index contributed by atoms with van der Waals surface area (Å²) in [6, 6.07) is 20.2. The van der Waals surface area contributed by atoms with Gasteiger partial charge in [0.05, 0.1) is 24.4 Å². The molecule has 1 saturated heterocycles. The first kappa shape index (κ1) is 18.4. The number of aliphatic hydroxyl groups excluding tert-OH is 1. The van der Waals surface area contributed by atoms with Crippen molar-refractivity contribution < 1.29 is 5.11 Å². The highest BCUT2D eigenvalue weighted by atomic mass is 32.1. The van der Waals surface area contributed by atoms with E-state index < -0.39 is 0 Å². The van der Waals surface area contributed by atoms with Gasteiger partial charge in [-0.1, -0.05) is 66.7 Å². The zero-order chi connectivity index (χ0) is 19.5. The first-order chi connectivity index (χ1) is 13.8. The summed E-state index contributed by atoms with van der Waals surface area (Å²) in [5, 5.41) is 22.6. The molecule has 5 heteroatoms. The predicted molar refractivity (Wildman–Crippen MR) is 114 cm³/mol. The van der Waals surface area contributed by atoms with Crippen molar-refractivity contribution in [3.8, 4) is 17.3 Å². The molecule has 2 heterocycles. The predicted octanol–water partition coefficient (Wildman–Crippen LogP) is 4.70. The summed E-state index contributed by atoms with van der Waals surface area (Å²) in [5.41, 5.74) is 4.16. The minimum atomic E-state index is -0.334. The van der Waals surface area contributed by atoms with Crippen molar-refractivity contribution in [3.05, 3.63) is 77.2 Å². The summed E-state index contributed by atoms with van der Waals surface area (Å²) >= 11 is 1.52. The van der Waals surface area contributed by atoms with E-state index in [1.54, 1.807) is 0 Å². The lowest BCUT2D eigenvalue weighted by atomic mass is 9.76. The van der Waals surface area contributed by atoms with Gasteiger partial charge in [-0.15, -0.1) is 11.3 Å². The molecule has 4 rings (SSSR count). The molecule has 140 valence electrons. The lowest BCUT2D eigenvalue weighted by molar-refractivity contribution is 0.187. The van der Waals surface area contributed by atoms with Gasteiger partial charge in [-0.25, -0.2) is 4.98 Å². The van der Waals surface area contributed by atoms with Crippen LogP contribution < -0.4 is 4.90 Å². The largest absolute Gasteiger partial charge is 0.394 e. The van der Waals surface area contributed by atoms with Crippen LogP contribution in [0, 0.1) is 11.3 Å². The van der Waals surface area contributed by atoms with E-state index in [1.165, 1.54) is 11.3 Å². The third-order valence-corrected chi connectivity index (χ3v) is 6.05. The van der Waals surface area contributed by atoms with Crippen molar-refractivity contribution in [2.45, 2.75) is 24.9 Å². The lowest BCUT2D eigenvalue weighted by Gasteiger charge is -2.51. The van der Waals surface area contributed by atoms with Crippen LogP contribution in [0.15, 0.2) is 66.1 Å². The molecule has 3 atom stereocenters. The third-order valence-electron chi connectivity index (χ3n) is 5.19. The van der Waals surface area contributed by atoms with Crippen molar-refractivity contribution in [1.82, 2.24) is 4.98 Å². The first-order valence-electron chi connectivity index (χ1n) is 9.29. The van der Waals surface area contributed by atoms with Crippen LogP contribution >= 0.6 is 11.3 Å². The van der Waals surface area contributed by atoms with E-state index in [9.17, 15) is 10.4 Å². The molecule has 0 saturated carbocycles. The van der Waals surface area contributed by atoms with E-state index in [-0.39, 0.29) is 24.6 Å². The molecule has 3 aromatic rings. The zero-order valence-electron chi connectivity index (χ0n) is 15.6. The molecule has 2 aromatic carbocycles. The summed E-state index contributed by atoms with van der Waals surface area (Å²) in [6.45, 7) is 1.97. The highest BCUT2D eigenvalue weighted by molar-refractivity contribution is 7.14. The van der Waals surface area contributed by atoms with Crippen molar-refractivity contribution in [2.24, 2.45) is 0 Å². The van der Waals surface area contributed by atoms with Crippen LogP contribution in [0.2, 0.25) is 0 Å². The molecule has 0 aliphatic carbocycles. The molecule has 1 aliphatic heterocycles. The Morgan fingerprint density at radius 1 is 1.18 bits per heavy atom. The van der Waals surface area contributed by atoms with Crippen molar-refractivity contribution in [3.63, 3.8) is 0 Å². The molecular formula is C23H21N3OS. The zero-order valence-corrected chi connectivity index (χ0v) is 16.4. The Morgan fingerprint density at radius 3 is 2.57 bits per heavy atom. The standard InChI is InChI=1S/C23H21N3OS/c1-2-6-16-9-11-18(12-10-16)22-20(13-24)26(21(22)14-27)23-25-19(15-28-23)17-7-4-3-5-8-17/h2-12,15,20-22,27H,14H2,1H3/b6-2+/t20-,21+,22+/m0/s1. The van der Waals surface area contributed by atoms with Crippen molar-refractivity contribution in [2.75, 3.05) is 11.5 Å². The number of hydrogen-bond acceptors (Lipinski definition) is 5. The van der Waals surface area contributed by atoms with Gasteiger partial charge in [-0.2, -0.15) is 5.26 Å². The van der Waals surface area contributed by atoms with E-state index in [2.05, 4.69) is 30.3 Å². The van der Waals surface area contributed by atoms with Crippen LogP contribution in [0.5, 0.6) is 0 Å². The van der Waals surface area contributed by atoms with Gasteiger partial charge in [0.2, 0.25) is 0 Å². The first-order valence-corrected chi connectivity index (χ1v) is 10.2. The van der Waals surface area contributed by atoms with Gasteiger partial charge in [0.1, 0.15) is 6.04 Å². The van der Waals surface area contributed by atoms with Crippen LogP contribution in [0.3, 0.4) is 0 Å². The number of aliphatic hydroxyl groups is 1. The molecule has 1 fully saturated rings. The van der Waals surface area contributed by atoms with Gasteiger partial charge >= 0.3 is 0 Å². The Balaban J connectivity index is 1.61. The van der Waals surface area contributed by atoms with E-state index in [0.29, 0.717) is 0 Å². The Morgan fingerprint density at radius 2 is 1.93 bits per heavy atom. The van der Waals surface area contributed by atoms with Crippen LogP contribution in [0.4, 0.5) is 5.13 Å². The molecule has 0 bridgehead atoms. The summed E-state index contributed by atoms with van der Waals surface area (Å²) in [6.07, 6.45) is 4.05. The van der Waals surface area contributed by atoms with Crippen molar-refractivity contribution >= 4 is 22.5 Å². The van der Waals surface area contributed by atoms with Crippen LogP contribution in [0.25, 0.3) is 17.3 Å². The van der Waals surface area contributed by atoms with Gasteiger partial charge in [-0.05, 0) is 18.1 Å². The number of allylic oxidation sites excluding steroid dienone is 1. The van der Waals surface area contributed by atoms with Crippen LogP contribution in [-0.2, 0) is 0 Å². The fourth-order valence-electron chi connectivity index (χ4n) is 3.82. The average Bonchev–Trinajstić information content (AvgIpc) is 3.19. The number of rotatable bonds is 5. The lowest BCUT2D eigenvalue weighted by Crippen LogP contribution is -2.63. The van der Waals surface area contributed by atoms with Crippen LogP contribution in [0.1, 0.15) is 24.0 Å². The maximum absolute atomic E-state index is 10.0. The van der Waals surface area contributed by atoms with Gasteiger partial charge in [0.15, 0.2) is 5.13 Å². The molecule has 0 amide bonds.